The van der Waals surface area contributed by atoms with Gasteiger partial charge < -0.3 is 14.8 Å². The van der Waals surface area contributed by atoms with Gasteiger partial charge in [0.25, 0.3) is 0 Å². The molecule has 0 aromatic carbocycles. The molecule has 0 aliphatic heterocycles. The Morgan fingerprint density at radius 1 is 1.41 bits per heavy atom. The quantitative estimate of drug-likeness (QED) is 0.816. The number of hydrogen-bond donors (Lipinski definition) is 1. The summed E-state index contributed by atoms with van der Waals surface area (Å²) in [6, 6.07) is 3.60. The largest absolute Gasteiger partial charge is 0.493 e. The number of hydrogen-bond acceptors (Lipinski definition) is 4. The molecular weight excluding hydrogens is 280 g/mol. The van der Waals surface area contributed by atoms with E-state index in [4.69, 9.17) is 4.74 Å². The number of pyridine rings is 1. The predicted octanol–water partition coefficient (Wildman–Crippen LogP) is 1.97. The molecule has 2 aliphatic carbocycles. The first-order valence-electron chi connectivity index (χ1n) is 7.90. The molecular formula is C17H22N2O3. The maximum Gasteiger partial charge on any atom is 0.223 e. The lowest BCUT2D eigenvalue weighted by Gasteiger charge is -2.21. The van der Waals surface area contributed by atoms with E-state index in [1.54, 1.807) is 24.5 Å². The van der Waals surface area contributed by atoms with Crippen LogP contribution in [0, 0.1) is 17.8 Å². The number of carbonyl (C=O) groups excluding carboxylic acids is 2. The van der Waals surface area contributed by atoms with Crippen LogP contribution in [0.1, 0.15) is 32.6 Å². The second-order valence-corrected chi connectivity index (χ2v) is 6.78. The third kappa shape index (κ3) is 3.46. The van der Waals surface area contributed by atoms with Gasteiger partial charge >= 0.3 is 0 Å². The lowest BCUT2D eigenvalue weighted by Crippen LogP contribution is -2.40. The highest BCUT2D eigenvalue weighted by Gasteiger charge is 2.44. The van der Waals surface area contributed by atoms with Crippen molar-refractivity contribution < 1.29 is 14.3 Å². The summed E-state index contributed by atoms with van der Waals surface area (Å²) in [7, 11) is 0. The zero-order chi connectivity index (χ0) is 15.6. The molecule has 1 N–H and O–H groups in total. The molecule has 5 heteroatoms. The minimum atomic E-state index is -0.130. The number of aldehydes is 1. The Kier molecular flexibility index (Phi) is 4.14. The van der Waals surface area contributed by atoms with Crippen LogP contribution >= 0.6 is 0 Å². The molecule has 1 heterocycles. The summed E-state index contributed by atoms with van der Waals surface area (Å²) in [5.74, 6) is 0.750. The van der Waals surface area contributed by atoms with Crippen LogP contribution in [0.3, 0.4) is 0 Å². The Labute approximate surface area is 130 Å². The predicted molar refractivity (Wildman–Crippen MR) is 81.3 cm³/mol. The van der Waals surface area contributed by atoms with Gasteiger partial charge in [-0.2, -0.15) is 0 Å². The van der Waals surface area contributed by atoms with E-state index in [9.17, 15) is 9.59 Å². The third-order valence-corrected chi connectivity index (χ3v) is 4.80. The molecule has 3 rings (SSSR count). The molecule has 3 atom stereocenters. The van der Waals surface area contributed by atoms with Crippen LogP contribution in [0.4, 0.5) is 0 Å². The molecule has 2 aliphatic rings. The first-order chi connectivity index (χ1) is 10.6. The van der Waals surface area contributed by atoms with Crippen molar-refractivity contribution in [1.29, 1.82) is 0 Å². The number of aromatic nitrogens is 1. The van der Waals surface area contributed by atoms with Crippen molar-refractivity contribution in [2.24, 2.45) is 17.8 Å². The molecule has 0 saturated heterocycles. The van der Waals surface area contributed by atoms with E-state index >= 15 is 0 Å². The lowest BCUT2D eigenvalue weighted by molar-refractivity contribution is -0.127. The van der Waals surface area contributed by atoms with E-state index in [-0.39, 0.29) is 29.2 Å². The van der Waals surface area contributed by atoms with E-state index in [1.807, 2.05) is 0 Å². The highest BCUT2D eigenvalue weighted by Crippen LogP contribution is 2.39. The van der Waals surface area contributed by atoms with Gasteiger partial charge in [-0.1, -0.05) is 0 Å². The van der Waals surface area contributed by atoms with Crippen molar-refractivity contribution in [3.8, 4) is 5.75 Å². The molecule has 0 spiro atoms. The molecule has 118 valence electrons. The summed E-state index contributed by atoms with van der Waals surface area (Å²) >= 11 is 0. The van der Waals surface area contributed by atoms with Crippen LogP contribution < -0.4 is 10.1 Å². The van der Waals surface area contributed by atoms with Crippen molar-refractivity contribution in [3.63, 3.8) is 0 Å². The normalized spacial score (nSPS) is 28.9. The highest BCUT2D eigenvalue weighted by atomic mass is 16.5. The SMILES string of the molecule is CC1(NC(=O)C2CC(C=O)CC2COc2ccncc2)CC1. The van der Waals surface area contributed by atoms with Gasteiger partial charge in [-0.3, -0.25) is 9.78 Å². The molecule has 0 radical (unpaired) electrons. The summed E-state index contributed by atoms with van der Waals surface area (Å²) in [5.41, 5.74) is -0.0210. The Morgan fingerprint density at radius 3 is 2.77 bits per heavy atom. The van der Waals surface area contributed by atoms with Crippen molar-refractivity contribution >= 4 is 12.2 Å². The van der Waals surface area contributed by atoms with Gasteiger partial charge in [-0.15, -0.1) is 0 Å². The fourth-order valence-electron chi connectivity index (χ4n) is 3.12. The zero-order valence-electron chi connectivity index (χ0n) is 12.8. The summed E-state index contributed by atoms with van der Waals surface area (Å²) < 4.78 is 5.77. The molecule has 1 aromatic heterocycles. The number of carbonyl (C=O) groups is 2. The molecule has 5 nitrogen and oxygen atoms in total. The molecule has 2 fully saturated rings. The molecule has 22 heavy (non-hydrogen) atoms. The standard InChI is InChI=1S/C17H22N2O3/c1-17(4-5-17)19-16(21)15-9-12(10-20)8-13(15)11-22-14-2-6-18-7-3-14/h2-3,6-7,10,12-13,15H,4-5,8-9,11H2,1H3,(H,19,21). The number of nitrogens with one attached hydrogen (secondary N) is 1. The molecule has 2 saturated carbocycles. The molecule has 3 unspecified atom stereocenters. The maximum absolute atomic E-state index is 12.5. The van der Waals surface area contributed by atoms with Gasteiger partial charge in [0.05, 0.1) is 6.61 Å². The highest BCUT2D eigenvalue weighted by molar-refractivity contribution is 5.81. The van der Waals surface area contributed by atoms with Crippen LogP contribution in [0.25, 0.3) is 0 Å². The van der Waals surface area contributed by atoms with E-state index in [0.717, 1.165) is 31.3 Å². The van der Waals surface area contributed by atoms with E-state index in [1.165, 1.54) is 0 Å². The van der Waals surface area contributed by atoms with Crippen LogP contribution in [-0.2, 0) is 9.59 Å². The van der Waals surface area contributed by atoms with E-state index in [2.05, 4.69) is 17.2 Å². The second kappa shape index (κ2) is 6.07. The number of ether oxygens (including phenoxy) is 1. The number of rotatable bonds is 6. The average Bonchev–Trinajstić information content (AvgIpc) is 3.10. The van der Waals surface area contributed by atoms with Crippen LogP contribution in [0.2, 0.25) is 0 Å². The topological polar surface area (TPSA) is 68.3 Å². The zero-order valence-corrected chi connectivity index (χ0v) is 12.8. The Morgan fingerprint density at radius 2 is 2.14 bits per heavy atom. The first-order valence-corrected chi connectivity index (χ1v) is 7.90. The molecule has 1 amide bonds. The fourth-order valence-corrected chi connectivity index (χ4v) is 3.12. The maximum atomic E-state index is 12.5. The van der Waals surface area contributed by atoms with Gasteiger partial charge in [-0.25, -0.2) is 0 Å². The summed E-state index contributed by atoms with van der Waals surface area (Å²) in [6.07, 6.45) is 7.78. The summed E-state index contributed by atoms with van der Waals surface area (Å²) in [4.78, 5) is 27.6. The van der Waals surface area contributed by atoms with Crippen LogP contribution in [0.5, 0.6) is 5.75 Å². The Balaban J connectivity index is 1.61. The van der Waals surface area contributed by atoms with Crippen LogP contribution in [0.15, 0.2) is 24.5 Å². The first kappa shape index (κ1) is 15.0. The molecule has 1 aromatic rings. The lowest BCUT2D eigenvalue weighted by atomic mass is 9.95. The minimum Gasteiger partial charge on any atom is -0.493 e. The van der Waals surface area contributed by atoms with Gasteiger partial charge in [0.15, 0.2) is 0 Å². The second-order valence-electron chi connectivity index (χ2n) is 6.78. The van der Waals surface area contributed by atoms with Gasteiger partial charge in [0, 0.05) is 35.7 Å². The van der Waals surface area contributed by atoms with Gasteiger partial charge in [0.1, 0.15) is 12.0 Å². The Bertz CT molecular complexity index is 542. The van der Waals surface area contributed by atoms with Gasteiger partial charge in [0.2, 0.25) is 5.91 Å². The van der Waals surface area contributed by atoms with Crippen molar-refractivity contribution in [2.45, 2.75) is 38.1 Å². The smallest absolute Gasteiger partial charge is 0.223 e. The van der Waals surface area contributed by atoms with Crippen LogP contribution in [-0.4, -0.2) is 29.3 Å². The average molecular weight is 302 g/mol. The summed E-state index contributed by atoms with van der Waals surface area (Å²) in [6.45, 7) is 2.53. The van der Waals surface area contributed by atoms with E-state index in [0.29, 0.717) is 13.0 Å². The van der Waals surface area contributed by atoms with E-state index < -0.39 is 0 Å². The fraction of sp³-hybridized carbons (Fsp3) is 0.588. The van der Waals surface area contributed by atoms with Crippen molar-refractivity contribution in [2.75, 3.05) is 6.61 Å². The number of nitrogens with zero attached hydrogens (tertiary/aromatic N) is 1. The van der Waals surface area contributed by atoms with Crippen molar-refractivity contribution in [1.82, 2.24) is 10.3 Å². The van der Waals surface area contributed by atoms with Crippen molar-refractivity contribution in [3.05, 3.63) is 24.5 Å². The third-order valence-electron chi connectivity index (χ3n) is 4.80. The monoisotopic (exact) mass is 302 g/mol. The Hall–Kier alpha value is -1.91. The number of amides is 1. The summed E-state index contributed by atoms with van der Waals surface area (Å²) in [5, 5.41) is 3.12. The molecule has 0 bridgehead atoms. The minimum absolute atomic E-state index is 0.0210. The van der Waals surface area contributed by atoms with Gasteiger partial charge in [-0.05, 0) is 44.7 Å².